The normalized spacial score (nSPS) is 11.6. The van der Waals surface area contributed by atoms with Crippen LogP contribution in [-0.2, 0) is 14.3 Å². The molecule has 1 aromatic rings. The molecule has 0 aliphatic heterocycles. The largest absolute Gasteiger partial charge is 0.451 e. The molecule has 0 spiro atoms. The molecule has 1 heterocycles. The molecule has 2 N–H and O–H groups in total. The maximum absolute atomic E-state index is 11.6. The fourth-order valence-electron chi connectivity index (χ4n) is 1.30. The molecule has 0 fully saturated rings. The molecule has 0 aliphatic rings. The molecule has 6 nitrogen and oxygen atoms in total. The highest BCUT2D eigenvalue weighted by Crippen LogP contribution is 2.21. The second-order valence-electron chi connectivity index (χ2n) is 3.86. The molecule has 0 unspecified atom stereocenters. The zero-order chi connectivity index (χ0) is 15.1. The number of carbonyl (C=O) groups is 3. The minimum atomic E-state index is -0.683. The van der Waals surface area contributed by atoms with Crippen molar-refractivity contribution in [1.82, 2.24) is 10.6 Å². The number of hydrogen-bond donors (Lipinski definition) is 2. The number of thiophene rings is 1. The number of esters is 1. The standard InChI is InChI=1S/C12H15ClN2O4S/c1-3-14-11(17)7(2)15-10(16)6-19-12(18)8-4-5-9(13)20-8/h4-5,7H,3,6H2,1-2H3,(H,14,17)(H,15,16)/t7-/m1/s1. The predicted molar refractivity (Wildman–Crippen MR) is 75.9 cm³/mol. The van der Waals surface area contributed by atoms with Crippen molar-refractivity contribution in [2.45, 2.75) is 19.9 Å². The summed E-state index contributed by atoms with van der Waals surface area (Å²) in [5.41, 5.74) is 0. The van der Waals surface area contributed by atoms with Crippen LogP contribution in [0.4, 0.5) is 0 Å². The molecule has 20 heavy (non-hydrogen) atoms. The van der Waals surface area contributed by atoms with Crippen molar-refractivity contribution < 1.29 is 19.1 Å². The van der Waals surface area contributed by atoms with Gasteiger partial charge in [-0.25, -0.2) is 4.79 Å². The molecular formula is C12H15ClN2O4S. The van der Waals surface area contributed by atoms with Crippen molar-refractivity contribution in [3.63, 3.8) is 0 Å². The minimum absolute atomic E-state index is 0.294. The lowest BCUT2D eigenvalue weighted by Crippen LogP contribution is -2.46. The first kappa shape index (κ1) is 16.5. The fourth-order valence-corrected chi connectivity index (χ4v) is 2.24. The second-order valence-corrected chi connectivity index (χ2v) is 5.58. The average molecular weight is 319 g/mol. The van der Waals surface area contributed by atoms with Crippen LogP contribution in [0.15, 0.2) is 12.1 Å². The van der Waals surface area contributed by atoms with Gasteiger partial charge in [-0.2, -0.15) is 0 Å². The summed E-state index contributed by atoms with van der Waals surface area (Å²) in [7, 11) is 0. The van der Waals surface area contributed by atoms with Crippen LogP contribution in [0.2, 0.25) is 4.34 Å². The van der Waals surface area contributed by atoms with Gasteiger partial charge in [0.1, 0.15) is 10.9 Å². The molecule has 0 saturated carbocycles. The number of ether oxygens (including phenoxy) is 1. The van der Waals surface area contributed by atoms with Gasteiger partial charge in [0.2, 0.25) is 5.91 Å². The SMILES string of the molecule is CCNC(=O)[C@@H](C)NC(=O)COC(=O)c1ccc(Cl)s1. The Labute approximate surface area is 125 Å². The lowest BCUT2D eigenvalue weighted by molar-refractivity contribution is -0.130. The minimum Gasteiger partial charge on any atom is -0.451 e. The Morgan fingerprint density at radius 3 is 2.65 bits per heavy atom. The van der Waals surface area contributed by atoms with Crippen LogP contribution < -0.4 is 10.6 Å². The number of carbonyl (C=O) groups excluding carboxylic acids is 3. The van der Waals surface area contributed by atoms with E-state index in [1.165, 1.54) is 6.07 Å². The molecule has 2 amide bonds. The van der Waals surface area contributed by atoms with E-state index in [0.29, 0.717) is 15.8 Å². The number of halogens is 1. The molecule has 1 atom stereocenters. The molecule has 0 bridgehead atoms. The van der Waals surface area contributed by atoms with Gasteiger partial charge in [-0.15, -0.1) is 11.3 Å². The summed E-state index contributed by atoms with van der Waals surface area (Å²) in [5, 5.41) is 5.00. The lowest BCUT2D eigenvalue weighted by atomic mass is 10.3. The third-order valence-corrected chi connectivity index (χ3v) is 3.44. The van der Waals surface area contributed by atoms with Gasteiger partial charge in [-0.05, 0) is 26.0 Å². The number of likely N-dealkylation sites (N-methyl/N-ethyl adjacent to an activating group) is 1. The second kappa shape index (κ2) is 7.86. The van der Waals surface area contributed by atoms with Gasteiger partial charge in [0.05, 0.1) is 4.34 Å². The van der Waals surface area contributed by atoms with Gasteiger partial charge in [-0.3, -0.25) is 9.59 Å². The van der Waals surface area contributed by atoms with Crippen LogP contribution in [0, 0.1) is 0 Å². The highest BCUT2D eigenvalue weighted by molar-refractivity contribution is 7.17. The highest BCUT2D eigenvalue weighted by Gasteiger charge is 2.17. The summed E-state index contributed by atoms with van der Waals surface area (Å²) in [6.07, 6.45) is 0. The van der Waals surface area contributed by atoms with Gasteiger partial charge in [-0.1, -0.05) is 11.6 Å². The first-order valence-electron chi connectivity index (χ1n) is 5.93. The van der Waals surface area contributed by atoms with Gasteiger partial charge in [0.25, 0.3) is 5.91 Å². The fraction of sp³-hybridized carbons (Fsp3) is 0.417. The van der Waals surface area contributed by atoms with Gasteiger partial charge < -0.3 is 15.4 Å². The van der Waals surface area contributed by atoms with E-state index in [1.54, 1.807) is 19.9 Å². The van der Waals surface area contributed by atoms with Crippen molar-refractivity contribution in [2.24, 2.45) is 0 Å². The summed E-state index contributed by atoms with van der Waals surface area (Å²) in [4.78, 5) is 34.8. The van der Waals surface area contributed by atoms with E-state index in [9.17, 15) is 14.4 Å². The van der Waals surface area contributed by atoms with Crippen LogP contribution in [0.3, 0.4) is 0 Å². The smallest absolute Gasteiger partial charge is 0.348 e. The van der Waals surface area contributed by atoms with Crippen LogP contribution in [-0.4, -0.2) is 37.0 Å². The van der Waals surface area contributed by atoms with Crippen LogP contribution in [0.1, 0.15) is 23.5 Å². The topological polar surface area (TPSA) is 84.5 Å². The average Bonchev–Trinajstić information content (AvgIpc) is 2.83. The summed E-state index contributed by atoms with van der Waals surface area (Å²) >= 11 is 6.76. The number of hydrogen-bond acceptors (Lipinski definition) is 5. The molecule has 0 radical (unpaired) electrons. The highest BCUT2D eigenvalue weighted by atomic mass is 35.5. The third kappa shape index (κ3) is 5.18. The lowest BCUT2D eigenvalue weighted by Gasteiger charge is -2.13. The van der Waals surface area contributed by atoms with E-state index >= 15 is 0 Å². The Morgan fingerprint density at radius 2 is 2.10 bits per heavy atom. The Bertz CT molecular complexity index is 503. The molecular weight excluding hydrogens is 304 g/mol. The van der Waals surface area contributed by atoms with E-state index < -0.39 is 24.5 Å². The molecule has 110 valence electrons. The quantitative estimate of drug-likeness (QED) is 0.772. The van der Waals surface area contributed by atoms with E-state index in [4.69, 9.17) is 16.3 Å². The van der Waals surface area contributed by atoms with Crippen LogP contribution in [0.25, 0.3) is 0 Å². The summed E-state index contributed by atoms with van der Waals surface area (Å²) in [5.74, 6) is -1.46. The summed E-state index contributed by atoms with van der Waals surface area (Å²) in [6.45, 7) is 3.36. The zero-order valence-electron chi connectivity index (χ0n) is 11.1. The first-order valence-corrected chi connectivity index (χ1v) is 7.13. The van der Waals surface area contributed by atoms with E-state index in [0.717, 1.165) is 11.3 Å². The maximum Gasteiger partial charge on any atom is 0.348 e. The Morgan fingerprint density at radius 1 is 1.40 bits per heavy atom. The van der Waals surface area contributed by atoms with Crippen molar-refractivity contribution in [2.75, 3.05) is 13.2 Å². The molecule has 1 rings (SSSR count). The molecule has 1 aromatic heterocycles. The van der Waals surface area contributed by atoms with Gasteiger partial charge in [0.15, 0.2) is 6.61 Å². The number of rotatable bonds is 6. The Balaban J connectivity index is 2.36. The third-order valence-electron chi connectivity index (χ3n) is 2.23. The summed E-state index contributed by atoms with van der Waals surface area (Å²) < 4.78 is 5.28. The van der Waals surface area contributed by atoms with E-state index in [2.05, 4.69) is 10.6 Å². The first-order chi connectivity index (χ1) is 9.43. The molecule has 0 aliphatic carbocycles. The molecule has 8 heteroatoms. The van der Waals surface area contributed by atoms with E-state index in [1.807, 2.05) is 0 Å². The van der Waals surface area contributed by atoms with Crippen molar-refractivity contribution in [3.05, 3.63) is 21.3 Å². The van der Waals surface area contributed by atoms with Gasteiger partial charge >= 0.3 is 5.97 Å². The Kier molecular flexibility index (Phi) is 6.47. The van der Waals surface area contributed by atoms with Crippen molar-refractivity contribution >= 4 is 40.7 Å². The maximum atomic E-state index is 11.6. The Hall–Kier alpha value is -1.60. The summed E-state index contributed by atoms with van der Waals surface area (Å²) in [6, 6.07) is 2.40. The van der Waals surface area contributed by atoms with Crippen molar-refractivity contribution in [3.8, 4) is 0 Å². The number of nitrogens with one attached hydrogen (secondary N) is 2. The van der Waals surface area contributed by atoms with E-state index in [-0.39, 0.29) is 5.91 Å². The molecule has 0 aromatic carbocycles. The van der Waals surface area contributed by atoms with Crippen LogP contribution in [0.5, 0.6) is 0 Å². The monoisotopic (exact) mass is 318 g/mol. The molecule has 0 saturated heterocycles. The zero-order valence-corrected chi connectivity index (χ0v) is 12.6. The van der Waals surface area contributed by atoms with Gasteiger partial charge in [0, 0.05) is 6.54 Å². The number of amides is 2. The van der Waals surface area contributed by atoms with Crippen molar-refractivity contribution in [1.29, 1.82) is 0 Å². The van der Waals surface area contributed by atoms with Crippen LogP contribution >= 0.6 is 22.9 Å². The predicted octanol–water partition coefficient (Wildman–Crippen LogP) is 1.20.